The van der Waals surface area contributed by atoms with E-state index in [2.05, 4.69) is 15.5 Å². The van der Waals surface area contributed by atoms with E-state index in [9.17, 15) is 14.3 Å². The van der Waals surface area contributed by atoms with E-state index in [0.29, 0.717) is 10.8 Å². The number of nitrogens with zero attached hydrogens (tertiary/aromatic N) is 2. The third-order valence-electron chi connectivity index (χ3n) is 3.35. The van der Waals surface area contributed by atoms with Crippen molar-refractivity contribution in [3.8, 4) is 5.88 Å². The molecule has 116 valence electrons. The number of carbonyl (C=O) groups is 1. The molecule has 1 amide bonds. The molecule has 0 saturated carbocycles. The minimum Gasteiger partial charge on any atom is -0.492 e. The number of benzene rings is 2. The van der Waals surface area contributed by atoms with Gasteiger partial charge in [-0.15, -0.1) is 10.2 Å². The van der Waals surface area contributed by atoms with Crippen LogP contribution >= 0.6 is 11.6 Å². The molecule has 2 aromatic carbocycles. The molecular formula is C16H11ClFN3O2. The number of aryl methyl sites for hydroxylation is 1. The van der Waals surface area contributed by atoms with Gasteiger partial charge in [-0.2, -0.15) is 0 Å². The molecule has 0 spiro atoms. The molecule has 0 aliphatic carbocycles. The van der Waals surface area contributed by atoms with Gasteiger partial charge in [-0.3, -0.25) is 4.79 Å². The van der Waals surface area contributed by atoms with Gasteiger partial charge in [0.25, 0.3) is 5.91 Å². The Morgan fingerprint density at radius 1 is 1.17 bits per heavy atom. The van der Waals surface area contributed by atoms with E-state index in [-0.39, 0.29) is 22.3 Å². The van der Waals surface area contributed by atoms with Gasteiger partial charge in [-0.25, -0.2) is 4.39 Å². The summed E-state index contributed by atoms with van der Waals surface area (Å²) >= 11 is 5.94. The largest absolute Gasteiger partial charge is 0.492 e. The maximum Gasteiger partial charge on any atom is 0.255 e. The first-order chi connectivity index (χ1) is 11.0. The number of anilines is 1. The predicted molar refractivity (Wildman–Crippen MR) is 85.3 cm³/mol. The summed E-state index contributed by atoms with van der Waals surface area (Å²) in [6, 6.07) is 8.90. The number of aromatic nitrogens is 2. The van der Waals surface area contributed by atoms with Crippen LogP contribution in [0.4, 0.5) is 10.1 Å². The van der Waals surface area contributed by atoms with E-state index >= 15 is 0 Å². The van der Waals surface area contributed by atoms with Crippen LogP contribution in [0.3, 0.4) is 0 Å². The topological polar surface area (TPSA) is 75.1 Å². The molecule has 23 heavy (non-hydrogen) atoms. The fourth-order valence-corrected chi connectivity index (χ4v) is 2.37. The second kappa shape index (κ2) is 5.81. The molecule has 3 rings (SSSR count). The van der Waals surface area contributed by atoms with Crippen molar-refractivity contribution < 1.29 is 14.3 Å². The van der Waals surface area contributed by atoms with Crippen molar-refractivity contribution in [2.75, 3.05) is 5.32 Å². The first-order valence-corrected chi connectivity index (χ1v) is 7.06. The van der Waals surface area contributed by atoms with Gasteiger partial charge >= 0.3 is 0 Å². The molecule has 3 aromatic rings. The molecular weight excluding hydrogens is 321 g/mol. The lowest BCUT2D eigenvalue weighted by Crippen LogP contribution is -2.13. The van der Waals surface area contributed by atoms with Crippen LogP contribution in [0, 0.1) is 12.7 Å². The Morgan fingerprint density at radius 2 is 1.96 bits per heavy atom. The second-order valence-electron chi connectivity index (χ2n) is 5.01. The second-order valence-corrected chi connectivity index (χ2v) is 5.37. The molecule has 0 atom stereocenters. The van der Waals surface area contributed by atoms with Gasteiger partial charge in [0.1, 0.15) is 5.82 Å². The van der Waals surface area contributed by atoms with E-state index < -0.39 is 11.7 Å². The van der Waals surface area contributed by atoms with Crippen LogP contribution in [0.1, 0.15) is 15.9 Å². The van der Waals surface area contributed by atoms with Crippen molar-refractivity contribution in [3.63, 3.8) is 0 Å². The molecule has 1 aromatic heterocycles. The van der Waals surface area contributed by atoms with Crippen LogP contribution in [0.5, 0.6) is 5.88 Å². The quantitative estimate of drug-likeness (QED) is 0.751. The number of hydrogen-bond acceptors (Lipinski definition) is 4. The minimum atomic E-state index is -0.522. The average Bonchev–Trinajstić information content (AvgIpc) is 2.54. The Morgan fingerprint density at radius 3 is 2.74 bits per heavy atom. The predicted octanol–water partition coefficient (Wildman–Crippen LogP) is 3.69. The summed E-state index contributed by atoms with van der Waals surface area (Å²) in [6.45, 7) is 1.80. The number of hydrogen-bond donors (Lipinski definition) is 2. The van der Waals surface area contributed by atoms with Crippen molar-refractivity contribution in [3.05, 3.63) is 58.5 Å². The minimum absolute atomic E-state index is 0.0641. The molecule has 0 aliphatic heterocycles. The lowest BCUT2D eigenvalue weighted by atomic mass is 10.1. The van der Waals surface area contributed by atoms with E-state index in [1.165, 1.54) is 24.3 Å². The molecule has 0 bridgehead atoms. The highest BCUT2D eigenvalue weighted by Crippen LogP contribution is 2.28. The lowest BCUT2D eigenvalue weighted by Gasteiger charge is -2.08. The van der Waals surface area contributed by atoms with E-state index in [4.69, 9.17) is 11.6 Å². The number of rotatable bonds is 2. The maximum atomic E-state index is 13.7. The van der Waals surface area contributed by atoms with Gasteiger partial charge in [-0.1, -0.05) is 17.7 Å². The summed E-state index contributed by atoms with van der Waals surface area (Å²) in [6.07, 6.45) is 0. The van der Waals surface area contributed by atoms with Crippen molar-refractivity contribution in [2.24, 2.45) is 0 Å². The standard InChI is InChI=1S/C16H11ClFN3O2/c1-8-2-5-12(18)13(6-8)19-15(22)9-3-4-10-11(7-9)14(17)20-21-16(10)23/h2-7H,1H3,(H,19,22)(H,21,23). The Balaban J connectivity index is 1.98. The normalized spacial score (nSPS) is 10.7. The number of halogens is 2. The third-order valence-corrected chi connectivity index (χ3v) is 3.63. The molecule has 0 unspecified atom stereocenters. The Kier molecular flexibility index (Phi) is 3.83. The number of nitrogens with one attached hydrogen (secondary N) is 1. The first-order valence-electron chi connectivity index (χ1n) is 6.68. The van der Waals surface area contributed by atoms with E-state index in [1.807, 2.05) is 0 Å². The average molecular weight is 332 g/mol. The van der Waals surface area contributed by atoms with Crippen molar-refractivity contribution >= 4 is 34.0 Å². The zero-order chi connectivity index (χ0) is 16.6. The van der Waals surface area contributed by atoms with Crippen LogP contribution < -0.4 is 5.32 Å². The highest BCUT2D eigenvalue weighted by atomic mass is 35.5. The first kappa shape index (κ1) is 15.2. The Hall–Kier alpha value is -2.73. The molecule has 0 aliphatic rings. The van der Waals surface area contributed by atoms with Crippen LogP contribution in [0.15, 0.2) is 36.4 Å². The fraction of sp³-hybridized carbons (Fsp3) is 0.0625. The van der Waals surface area contributed by atoms with Crippen molar-refractivity contribution in [2.45, 2.75) is 6.92 Å². The fourth-order valence-electron chi connectivity index (χ4n) is 2.18. The highest BCUT2D eigenvalue weighted by molar-refractivity contribution is 6.34. The van der Waals surface area contributed by atoms with Gasteiger partial charge in [0.2, 0.25) is 5.88 Å². The molecule has 0 radical (unpaired) electrons. The number of amides is 1. The van der Waals surface area contributed by atoms with Crippen LogP contribution in [0.2, 0.25) is 5.15 Å². The maximum absolute atomic E-state index is 13.7. The monoisotopic (exact) mass is 331 g/mol. The van der Waals surface area contributed by atoms with Crippen LogP contribution in [-0.4, -0.2) is 21.2 Å². The van der Waals surface area contributed by atoms with Gasteiger partial charge in [0, 0.05) is 16.3 Å². The van der Waals surface area contributed by atoms with Gasteiger partial charge < -0.3 is 10.4 Å². The third kappa shape index (κ3) is 2.93. The molecule has 7 heteroatoms. The molecule has 5 nitrogen and oxygen atoms in total. The molecule has 2 N–H and O–H groups in total. The van der Waals surface area contributed by atoms with Gasteiger partial charge in [0.05, 0.1) is 5.69 Å². The molecule has 0 saturated heterocycles. The summed E-state index contributed by atoms with van der Waals surface area (Å²) < 4.78 is 13.7. The van der Waals surface area contributed by atoms with Crippen LogP contribution in [0.25, 0.3) is 10.8 Å². The zero-order valence-electron chi connectivity index (χ0n) is 12.0. The van der Waals surface area contributed by atoms with Gasteiger partial charge in [0.15, 0.2) is 5.15 Å². The highest BCUT2D eigenvalue weighted by Gasteiger charge is 2.13. The summed E-state index contributed by atoms with van der Waals surface area (Å²) in [5.41, 5.74) is 1.17. The Labute approximate surface area is 135 Å². The summed E-state index contributed by atoms with van der Waals surface area (Å²) in [5, 5.41) is 20.1. The number of aromatic hydroxyl groups is 1. The summed E-state index contributed by atoms with van der Waals surface area (Å²) in [5.74, 6) is -1.30. The van der Waals surface area contributed by atoms with E-state index in [1.54, 1.807) is 19.1 Å². The smallest absolute Gasteiger partial charge is 0.255 e. The molecule has 0 fully saturated rings. The molecule has 1 heterocycles. The summed E-state index contributed by atoms with van der Waals surface area (Å²) in [7, 11) is 0. The SMILES string of the molecule is Cc1ccc(F)c(NC(=O)c2ccc3c(O)nnc(Cl)c3c2)c1. The van der Waals surface area contributed by atoms with Gasteiger partial charge in [-0.05, 0) is 42.8 Å². The summed E-state index contributed by atoms with van der Waals surface area (Å²) in [4.78, 5) is 12.3. The van der Waals surface area contributed by atoms with E-state index in [0.717, 1.165) is 5.56 Å². The number of carbonyl (C=O) groups excluding carboxylic acids is 1. The van der Waals surface area contributed by atoms with Crippen molar-refractivity contribution in [1.82, 2.24) is 10.2 Å². The van der Waals surface area contributed by atoms with Crippen LogP contribution in [-0.2, 0) is 0 Å². The lowest BCUT2D eigenvalue weighted by molar-refractivity contribution is 0.102. The van der Waals surface area contributed by atoms with Crippen molar-refractivity contribution in [1.29, 1.82) is 0 Å². The Bertz CT molecular complexity index is 931. The zero-order valence-corrected chi connectivity index (χ0v) is 12.7. The number of fused-ring (bicyclic) bond motifs is 1.